The van der Waals surface area contributed by atoms with Crippen LogP contribution in [0, 0.1) is 0 Å². The number of fused-ring (bicyclic) bond motifs is 1. The summed E-state index contributed by atoms with van der Waals surface area (Å²) in [5, 5.41) is 1.13. The Balaban J connectivity index is 2.05. The van der Waals surface area contributed by atoms with Crippen molar-refractivity contribution in [2.24, 2.45) is 0 Å². The Labute approximate surface area is 95.3 Å². The number of benzene rings is 1. The quantitative estimate of drug-likeness (QED) is 0.805. The summed E-state index contributed by atoms with van der Waals surface area (Å²) < 4.78 is 5.44. The normalized spacial score (nSPS) is 12.2. The molecule has 2 rings (SSSR count). The molecule has 0 aliphatic rings. The van der Waals surface area contributed by atoms with Gasteiger partial charge in [0.05, 0.1) is 11.9 Å². The monoisotopic (exact) mass is 219 g/mol. The molecule has 0 unspecified atom stereocenters. The fraction of sp³-hybridized carbons (Fsp3) is 0.385. The molecule has 0 saturated heterocycles. The Morgan fingerprint density at radius 1 is 1.25 bits per heavy atom. The third-order valence-corrected chi connectivity index (χ3v) is 2.20. The van der Waals surface area contributed by atoms with Crippen molar-refractivity contribution in [1.29, 1.82) is 0 Å². The van der Waals surface area contributed by atoms with E-state index in [2.05, 4.69) is 5.48 Å². The minimum Gasteiger partial charge on any atom is -0.464 e. The molecule has 16 heavy (non-hydrogen) atoms. The second kappa shape index (κ2) is 4.28. The number of para-hydroxylation sites is 1. The highest BCUT2D eigenvalue weighted by atomic mass is 16.7. The van der Waals surface area contributed by atoms with Crippen LogP contribution in [0.15, 0.2) is 34.9 Å². The van der Waals surface area contributed by atoms with E-state index in [1.807, 2.05) is 45.0 Å². The number of furan rings is 1. The molecular weight excluding hydrogens is 202 g/mol. The summed E-state index contributed by atoms with van der Waals surface area (Å²) in [5.41, 5.74) is 4.80. The topological polar surface area (TPSA) is 34.4 Å². The average molecular weight is 219 g/mol. The van der Waals surface area contributed by atoms with Gasteiger partial charge in [-0.05, 0) is 26.8 Å². The van der Waals surface area contributed by atoms with Crippen LogP contribution >= 0.6 is 0 Å². The summed E-state index contributed by atoms with van der Waals surface area (Å²) in [5.74, 6) is 0. The van der Waals surface area contributed by atoms with Crippen LogP contribution in [0.5, 0.6) is 0 Å². The van der Waals surface area contributed by atoms with E-state index in [1.54, 1.807) is 6.26 Å². The molecule has 0 fully saturated rings. The molecule has 1 aromatic carbocycles. The largest absolute Gasteiger partial charge is 0.464 e. The first-order valence-electron chi connectivity index (χ1n) is 5.42. The lowest BCUT2D eigenvalue weighted by Crippen LogP contribution is -2.28. The van der Waals surface area contributed by atoms with E-state index in [0.29, 0.717) is 6.54 Å². The Bertz CT molecular complexity index is 468. The van der Waals surface area contributed by atoms with Crippen molar-refractivity contribution < 1.29 is 9.25 Å². The van der Waals surface area contributed by atoms with Gasteiger partial charge < -0.3 is 4.42 Å². The van der Waals surface area contributed by atoms with Gasteiger partial charge in [0.1, 0.15) is 5.58 Å². The highest BCUT2D eigenvalue weighted by Crippen LogP contribution is 2.20. The van der Waals surface area contributed by atoms with Crippen molar-refractivity contribution in [2.75, 3.05) is 0 Å². The molecule has 2 aromatic rings. The second-order valence-corrected chi connectivity index (χ2v) is 4.79. The summed E-state index contributed by atoms with van der Waals surface area (Å²) in [6.45, 7) is 6.67. The van der Waals surface area contributed by atoms with Crippen LogP contribution in [0.3, 0.4) is 0 Å². The lowest BCUT2D eigenvalue weighted by Gasteiger charge is -2.18. The van der Waals surface area contributed by atoms with Gasteiger partial charge in [-0.1, -0.05) is 18.2 Å². The molecule has 3 heteroatoms. The van der Waals surface area contributed by atoms with Crippen LogP contribution in [0.4, 0.5) is 0 Å². The predicted molar refractivity (Wildman–Crippen MR) is 63.9 cm³/mol. The highest BCUT2D eigenvalue weighted by molar-refractivity contribution is 5.80. The summed E-state index contributed by atoms with van der Waals surface area (Å²) in [6, 6.07) is 7.98. The molecule has 1 aromatic heterocycles. The summed E-state index contributed by atoms with van der Waals surface area (Å²) in [6.07, 6.45) is 1.77. The van der Waals surface area contributed by atoms with Gasteiger partial charge >= 0.3 is 0 Å². The molecule has 3 nitrogen and oxygen atoms in total. The second-order valence-electron chi connectivity index (χ2n) is 4.79. The van der Waals surface area contributed by atoms with Gasteiger partial charge in [0, 0.05) is 17.5 Å². The van der Waals surface area contributed by atoms with Crippen LogP contribution in [-0.4, -0.2) is 5.60 Å². The van der Waals surface area contributed by atoms with E-state index in [-0.39, 0.29) is 5.60 Å². The Morgan fingerprint density at radius 2 is 2.00 bits per heavy atom. The third kappa shape index (κ3) is 2.62. The molecule has 0 aliphatic carbocycles. The maximum atomic E-state index is 5.46. The van der Waals surface area contributed by atoms with Gasteiger partial charge in [0.25, 0.3) is 0 Å². The number of hydrogen-bond donors (Lipinski definition) is 1. The van der Waals surface area contributed by atoms with Crippen LogP contribution in [0.2, 0.25) is 0 Å². The van der Waals surface area contributed by atoms with E-state index < -0.39 is 0 Å². The van der Waals surface area contributed by atoms with Crippen molar-refractivity contribution in [2.45, 2.75) is 32.9 Å². The Kier molecular flexibility index (Phi) is 2.99. The van der Waals surface area contributed by atoms with E-state index in [1.165, 1.54) is 0 Å². The summed E-state index contributed by atoms with van der Waals surface area (Å²) in [4.78, 5) is 5.46. The average Bonchev–Trinajstić information content (AvgIpc) is 2.60. The lowest BCUT2D eigenvalue weighted by atomic mass is 10.2. The fourth-order valence-corrected chi connectivity index (χ4v) is 1.50. The first-order valence-corrected chi connectivity index (χ1v) is 5.42. The molecule has 0 bridgehead atoms. The van der Waals surface area contributed by atoms with Gasteiger partial charge in [0.15, 0.2) is 0 Å². The Morgan fingerprint density at radius 3 is 2.75 bits per heavy atom. The zero-order valence-electron chi connectivity index (χ0n) is 9.91. The van der Waals surface area contributed by atoms with Gasteiger partial charge in [-0.25, -0.2) is 0 Å². The molecular formula is C13H17NO2. The summed E-state index contributed by atoms with van der Waals surface area (Å²) in [7, 11) is 0. The minimum atomic E-state index is -0.181. The highest BCUT2D eigenvalue weighted by Gasteiger charge is 2.11. The molecule has 1 heterocycles. The standard InChI is InChI=1S/C13H17NO2/c1-13(2,3)16-14-8-10-9-15-12-7-5-4-6-11(10)12/h4-7,9,14H,8H2,1-3H3. The Hall–Kier alpha value is -1.32. The first-order chi connectivity index (χ1) is 7.56. The molecule has 0 atom stereocenters. The molecule has 0 saturated carbocycles. The summed E-state index contributed by atoms with van der Waals surface area (Å²) >= 11 is 0. The van der Waals surface area contributed by atoms with Crippen LogP contribution in [0.1, 0.15) is 26.3 Å². The number of nitrogens with one attached hydrogen (secondary N) is 1. The van der Waals surface area contributed by atoms with Gasteiger partial charge in [-0.3, -0.25) is 4.84 Å². The smallest absolute Gasteiger partial charge is 0.134 e. The lowest BCUT2D eigenvalue weighted by molar-refractivity contribution is -0.0757. The molecule has 0 aliphatic heterocycles. The van der Waals surface area contributed by atoms with Crippen molar-refractivity contribution in [3.05, 3.63) is 36.1 Å². The fourth-order valence-electron chi connectivity index (χ4n) is 1.50. The molecule has 0 spiro atoms. The molecule has 86 valence electrons. The number of rotatable bonds is 3. The number of hydrogen-bond acceptors (Lipinski definition) is 3. The van der Waals surface area contributed by atoms with Crippen molar-refractivity contribution >= 4 is 11.0 Å². The molecule has 1 N–H and O–H groups in total. The van der Waals surface area contributed by atoms with E-state index in [4.69, 9.17) is 9.25 Å². The SMILES string of the molecule is CC(C)(C)ONCc1coc2ccccc12. The van der Waals surface area contributed by atoms with Gasteiger partial charge in [0.2, 0.25) is 0 Å². The zero-order chi connectivity index (χ0) is 11.6. The third-order valence-electron chi connectivity index (χ3n) is 2.20. The van der Waals surface area contributed by atoms with Crippen LogP contribution < -0.4 is 5.48 Å². The van der Waals surface area contributed by atoms with Gasteiger partial charge in [-0.2, -0.15) is 5.48 Å². The van der Waals surface area contributed by atoms with E-state index in [9.17, 15) is 0 Å². The van der Waals surface area contributed by atoms with Crippen molar-refractivity contribution in [1.82, 2.24) is 5.48 Å². The number of hydroxylamine groups is 1. The van der Waals surface area contributed by atoms with Crippen LogP contribution in [0.25, 0.3) is 11.0 Å². The van der Waals surface area contributed by atoms with Gasteiger partial charge in [-0.15, -0.1) is 0 Å². The molecule has 0 radical (unpaired) electrons. The predicted octanol–water partition coefficient (Wildman–Crippen LogP) is 3.25. The van der Waals surface area contributed by atoms with E-state index >= 15 is 0 Å². The van der Waals surface area contributed by atoms with Crippen molar-refractivity contribution in [3.8, 4) is 0 Å². The van der Waals surface area contributed by atoms with E-state index in [0.717, 1.165) is 16.5 Å². The van der Waals surface area contributed by atoms with Crippen molar-refractivity contribution in [3.63, 3.8) is 0 Å². The molecule has 0 amide bonds. The maximum absolute atomic E-state index is 5.46. The maximum Gasteiger partial charge on any atom is 0.134 e. The van der Waals surface area contributed by atoms with Crippen LogP contribution in [-0.2, 0) is 11.4 Å². The minimum absolute atomic E-state index is 0.181. The zero-order valence-corrected chi connectivity index (χ0v) is 9.91. The first kappa shape index (κ1) is 11.2.